The molecule has 0 bridgehead atoms. The Labute approximate surface area is 65.4 Å². The first-order valence-electron chi connectivity index (χ1n) is 3.50. The Balaban J connectivity index is 2.92. The zero-order chi connectivity index (χ0) is 8.10. The predicted molar refractivity (Wildman–Crippen MR) is 42.9 cm³/mol. The molecule has 0 atom stereocenters. The average molecular weight is 150 g/mol. The number of rotatable bonds is 2. The van der Waals surface area contributed by atoms with Crippen molar-refractivity contribution >= 4 is 5.71 Å². The summed E-state index contributed by atoms with van der Waals surface area (Å²) in [7, 11) is 0. The van der Waals surface area contributed by atoms with Crippen LogP contribution in [0.25, 0.3) is 0 Å². The van der Waals surface area contributed by atoms with Crippen LogP contribution in [0.2, 0.25) is 0 Å². The Morgan fingerprint density at radius 3 is 2.91 bits per heavy atom. The summed E-state index contributed by atoms with van der Waals surface area (Å²) >= 11 is 0. The summed E-state index contributed by atoms with van der Waals surface area (Å²) in [6.07, 6.45) is 2.36. The van der Waals surface area contributed by atoms with Crippen molar-refractivity contribution in [3.05, 3.63) is 30.1 Å². The van der Waals surface area contributed by atoms with Gasteiger partial charge in [-0.3, -0.25) is 4.98 Å². The van der Waals surface area contributed by atoms with Crippen LogP contribution in [0.3, 0.4) is 0 Å². The number of hydrogen-bond donors (Lipinski definition) is 1. The fraction of sp³-hybridized carbons (Fsp3) is 0.250. The third-order valence-corrected chi connectivity index (χ3v) is 1.42. The smallest absolute Gasteiger partial charge is 0.105 e. The van der Waals surface area contributed by atoms with E-state index in [1.807, 2.05) is 25.1 Å². The molecule has 0 fully saturated rings. The lowest BCUT2D eigenvalue weighted by atomic mass is 10.2. The standard InChI is InChI=1S/C8H10N2O/c1-2-7(10-11)8-5-3-4-6-9-8/h3-6,11H,2H2,1H3. The van der Waals surface area contributed by atoms with Gasteiger partial charge in [-0.25, -0.2) is 0 Å². The minimum absolute atomic E-state index is 0.616. The molecule has 1 aromatic heterocycles. The van der Waals surface area contributed by atoms with Gasteiger partial charge >= 0.3 is 0 Å². The molecule has 3 nitrogen and oxygen atoms in total. The van der Waals surface area contributed by atoms with Crippen LogP contribution in [0.1, 0.15) is 19.0 Å². The number of aromatic nitrogens is 1. The molecule has 11 heavy (non-hydrogen) atoms. The molecule has 0 amide bonds. The van der Waals surface area contributed by atoms with E-state index in [4.69, 9.17) is 5.21 Å². The summed E-state index contributed by atoms with van der Waals surface area (Å²) in [4.78, 5) is 4.03. The third-order valence-electron chi connectivity index (χ3n) is 1.42. The normalized spacial score (nSPS) is 11.5. The Morgan fingerprint density at radius 1 is 1.64 bits per heavy atom. The first-order chi connectivity index (χ1) is 5.38. The zero-order valence-electron chi connectivity index (χ0n) is 6.36. The molecule has 0 saturated heterocycles. The summed E-state index contributed by atoms with van der Waals surface area (Å²) in [6, 6.07) is 5.51. The van der Waals surface area contributed by atoms with Crippen LogP contribution in [0.5, 0.6) is 0 Å². The zero-order valence-corrected chi connectivity index (χ0v) is 6.36. The van der Waals surface area contributed by atoms with E-state index in [-0.39, 0.29) is 0 Å². The molecule has 1 heterocycles. The maximum atomic E-state index is 8.53. The molecule has 0 aliphatic carbocycles. The van der Waals surface area contributed by atoms with Crippen molar-refractivity contribution in [2.75, 3.05) is 0 Å². The molecule has 1 N–H and O–H groups in total. The number of nitrogens with zero attached hydrogens (tertiary/aromatic N) is 2. The Bertz CT molecular complexity index is 244. The quantitative estimate of drug-likeness (QED) is 0.396. The molecule has 0 aliphatic heterocycles. The van der Waals surface area contributed by atoms with Crippen molar-refractivity contribution in [2.24, 2.45) is 5.16 Å². The average Bonchev–Trinajstić information content (AvgIpc) is 2.09. The van der Waals surface area contributed by atoms with Crippen molar-refractivity contribution in [1.82, 2.24) is 4.98 Å². The molecule has 3 heteroatoms. The molecule has 1 aromatic rings. The summed E-state index contributed by atoms with van der Waals surface area (Å²) < 4.78 is 0. The van der Waals surface area contributed by atoms with Crippen molar-refractivity contribution in [3.8, 4) is 0 Å². The largest absolute Gasteiger partial charge is 0.411 e. The van der Waals surface area contributed by atoms with Crippen molar-refractivity contribution in [3.63, 3.8) is 0 Å². The molecule has 0 unspecified atom stereocenters. The fourth-order valence-corrected chi connectivity index (χ4v) is 0.837. The van der Waals surface area contributed by atoms with Gasteiger partial charge < -0.3 is 5.21 Å². The maximum Gasteiger partial charge on any atom is 0.105 e. The Hall–Kier alpha value is -1.38. The molecular formula is C8H10N2O. The highest BCUT2D eigenvalue weighted by atomic mass is 16.4. The number of hydrogen-bond acceptors (Lipinski definition) is 3. The molecule has 58 valence electrons. The van der Waals surface area contributed by atoms with E-state index in [0.717, 1.165) is 5.69 Å². The minimum atomic E-state index is 0.616. The molecule has 0 spiro atoms. The van der Waals surface area contributed by atoms with Crippen molar-refractivity contribution in [2.45, 2.75) is 13.3 Å². The van der Waals surface area contributed by atoms with E-state index in [0.29, 0.717) is 12.1 Å². The van der Waals surface area contributed by atoms with Crippen LogP contribution in [0.4, 0.5) is 0 Å². The van der Waals surface area contributed by atoms with Crippen LogP contribution >= 0.6 is 0 Å². The first-order valence-corrected chi connectivity index (χ1v) is 3.50. The SMILES string of the molecule is CCC(=NO)c1ccccn1. The van der Waals surface area contributed by atoms with Gasteiger partial charge in [-0.15, -0.1) is 0 Å². The second kappa shape index (κ2) is 3.71. The highest BCUT2D eigenvalue weighted by Gasteiger charge is 1.99. The molecule has 0 aliphatic rings. The topological polar surface area (TPSA) is 45.5 Å². The van der Waals surface area contributed by atoms with Gasteiger partial charge in [0.15, 0.2) is 0 Å². The second-order valence-corrected chi connectivity index (χ2v) is 2.12. The fourth-order valence-electron chi connectivity index (χ4n) is 0.837. The molecular weight excluding hydrogens is 140 g/mol. The van der Waals surface area contributed by atoms with Gasteiger partial charge in [0, 0.05) is 6.20 Å². The molecule has 0 aromatic carbocycles. The lowest BCUT2D eigenvalue weighted by Crippen LogP contribution is -2.00. The monoisotopic (exact) mass is 150 g/mol. The first kappa shape index (κ1) is 7.72. The van der Waals surface area contributed by atoms with Gasteiger partial charge in [-0.05, 0) is 18.6 Å². The van der Waals surface area contributed by atoms with E-state index in [2.05, 4.69) is 10.1 Å². The summed E-state index contributed by atoms with van der Waals surface area (Å²) in [6.45, 7) is 1.92. The summed E-state index contributed by atoms with van der Waals surface area (Å²) in [5.41, 5.74) is 1.35. The van der Waals surface area contributed by atoms with Gasteiger partial charge in [-0.2, -0.15) is 0 Å². The van der Waals surface area contributed by atoms with Crippen LogP contribution in [0.15, 0.2) is 29.6 Å². The lowest BCUT2D eigenvalue weighted by molar-refractivity contribution is 0.318. The predicted octanol–water partition coefficient (Wildman–Crippen LogP) is 1.67. The van der Waals surface area contributed by atoms with Gasteiger partial charge in [-0.1, -0.05) is 18.1 Å². The summed E-state index contributed by atoms with van der Waals surface area (Å²) in [5, 5.41) is 11.7. The van der Waals surface area contributed by atoms with Gasteiger partial charge in [0.05, 0.1) is 5.69 Å². The van der Waals surface area contributed by atoms with Gasteiger partial charge in [0.25, 0.3) is 0 Å². The highest BCUT2D eigenvalue weighted by molar-refractivity contribution is 5.98. The Morgan fingerprint density at radius 2 is 2.45 bits per heavy atom. The van der Waals surface area contributed by atoms with E-state index in [1.165, 1.54) is 0 Å². The molecule has 1 rings (SSSR count). The molecule has 0 radical (unpaired) electrons. The highest BCUT2D eigenvalue weighted by Crippen LogP contribution is 1.98. The summed E-state index contributed by atoms with van der Waals surface area (Å²) in [5.74, 6) is 0. The van der Waals surface area contributed by atoms with Crippen molar-refractivity contribution < 1.29 is 5.21 Å². The Kier molecular flexibility index (Phi) is 2.60. The number of oxime groups is 1. The van der Waals surface area contributed by atoms with Gasteiger partial charge in [0.2, 0.25) is 0 Å². The van der Waals surface area contributed by atoms with Crippen LogP contribution in [-0.2, 0) is 0 Å². The third kappa shape index (κ3) is 1.77. The molecule has 0 saturated carbocycles. The van der Waals surface area contributed by atoms with Crippen LogP contribution < -0.4 is 0 Å². The lowest BCUT2D eigenvalue weighted by Gasteiger charge is -1.97. The van der Waals surface area contributed by atoms with Crippen LogP contribution in [0, 0.1) is 0 Å². The van der Waals surface area contributed by atoms with E-state index in [1.54, 1.807) is 6.20 Å². The van der Waals surface area contributed by atoms with E-state index < -0.39 is 0 Å². The van der Waals surface area contributed by atoms with Crippen molar-refractivity contribution in [1.29, 1.82) is 0 Å². The maximum absolute atomic E-state index is 8.53. The minimum Gasteiger partial charge on any atom is -0.411 e. The van der Waals surface area contributed by atoms with Crippen LogP contribution in [-0.4, -0.2) is 15.9 Å². The second-order valence-electron chi connectivity index (χ2n) is 2.12. The van der Waals surface area contributed by atoms with Gasteiger partial charge in [0.1, 0.15) is 5.71 Å². The van der Waals surface area contributed by atoms with E-state index in [9.17, 15) is 0 Å². The number of pyridine rings is 1. The van der Waals surface area contributed by atoms with E-state index >= 15 is 0 Å².